The first-order valence-corrected chi connectivity index (χ1v) is 9.04. The van der Waals surface area contributed by atoms with Gasteiger partial charge in [-0.15, -0.1) is 0 Å². The number of nitrogens with zero attached hydrogens (tertiary/aromatic N) is 1. The fraction of sp³-hybridized carbons (Fsp3) is 0.300. The summed E-state index contributed by atoms with van der Waals surface area (Å²) in [6.45, 7) is 0. The minimum absolute atomic E-state index is 0.239. The highest BCUT2D eigenvalue weighted by Crippen LogP contribution is 2.18. The van der Waals surface area contributed by atoms with Crippen molar-refractivity contribution in [2.75, 3.05) is 23.5 Å². The fourth-order valence-electron chi connectivity index (χ4n) is 1.51. The Balaban J connectivity index is 2.38. The summed E-state index contributed by atoms with van der Waals surface area (Å²) < 4.78 is 45.9. The molecule has 19 heavy (non-hydrogen) atoms. The number of sulfone groups is 2. The topological polar surface area (TPSA) is 123 Å². The molecule has 9 heteroatoms. The monoisotopic (exact) mass is 303 g/mol. The highest BCUT2D eigenvalue weighted by atomic mass is 32.2. The fourth-order valence-corrected chi connectivity index (χ4v) is 4.29. The third-order valence-electron chi connectivity index (χ3n) is 2.50. The molecule has 1 aromatic heterocycles. The standard InChI is InChI=1S/C10H13N3O4S2/c1-18(14,15)4-5-19(16,17)10-12-8-3-2-7(11)6-9(8)13-10/h2-3,6H,4-5,11H2,1H3,(H,12,13). The van der Waals surface area contributed by atoms with Gasteiger partial charge in [0.1, 0.15) is 9.84 Å². The van der Waals surface area contributed by atoms with Gasteiger partial charge in [0.25, 0.3) is 0 Å². The van der Waals surface area contributed by atoms with Gasteiger partial charge < -0.3 is 10.7 Å². The van der Waals surface area contributed by atoms with Crippen LogP contribution in [0, 0.1) is 0 Å². The van der Waals surface area contributed by atoms with E-state index < -0.39 is 31.2 Å². The maximum Gasteiger partial charge on any atom is 0.226 e. The minimum Gasteiger partial charge on any atom is -0.399 e. The lowest BCUT2D eigenvalue weighted by molar-refractivity contribution is 0.585. The van der Waals surface area contributed by atoms with Crippen molar-refractivity contribution >= 4 is 36.4 Å². The Bertz CT molecular complexity index is 822. The second-order valence-electron chi connectivity index (χ2n) is 4.27. The number of rotatable bonds is 4. The van der Waals surface area contributed by atoms with E-state index in [4.69, 9.17) is 5.73 Å². The van der Waals surface area contributed by atoms with E-state index >= 15 is 0 Å². The first-order valence-electron chi connectivity index (χ1n) is 5.33. The molecule has 0 amide bonds. The molecular weight excluding hydrogens is 290 g/mol. The number of aromatic nitrogens is 2. The number of aromatic amines is 1. The lowest BCUT2D eigenvalue weighted by Gasteiger charge is -1.99. The molecule has 0 saturated carbocycles. The largest absolute Gasteiger partial charge is 0.399 e. The minimum atomic E-state index is -3.75. The second-order valence-corrected chi connectivity index (χ2v) is 8.55. The molecule has 0 aliphatic carbocycles. The summed E-state index contributed by atoms with van der Waals surface area (Å²) in [6, 6.07) is 4.77. The van der Waals surface area contributed by atoms with Crippen LogP contribution < -0.4 is 5.73 Å². The maximum absolute atomic E-state index is 11.9. The van der Waals surface area contributed by atoms with Crippen molar-refractivity contribution in [3.63, 3.8) is 0 Å². The Morgan fingerprint density at radius 2 is 1.89 bits per heavy atom. The van der Waals surface area contributed by atoms with Crippen LogP contribution in [0.4, 0.5) is 5.69 Å². The Morgan fingerprint density at radius 3 is 2.53 bits per heavy atom. The first-order chi connectivity index (χ1) is 8.67. The normalized spacial score (nSPS) is 12.9. The predicted octanol–water partition coefficient (Wildman–Crippen LogP) is -0.0366. The molecule has 0 aliphatic rings. The molecule has 0 saturated heterocycles. The molecule has 1 heterocycles. The smallest absolute Gasteiger partial charge is 0.226 e. The van der Waals surface area contributed by atoms with Crippen LogP contribution in [0.1, 0.15) is 0 Å². The van der Waals surface area contributed by atoms with Crippen molar-refractivity contribution in [2.45, 2.75) is 5.16 Å². The Labute approximate surface area is 110 Å². The van der Waals surface area contributed by atoms with Crippen LogP contribution in [0.15, 0.2) is 23.4 Å². The van der Waals surface area contributed by atoms with Crippen molar-refractivity contribution < 1.29 is 16.8 Å². The highest BCUT2D eigenvalue weighted by Gasteiger charge is 2.21. The zero-order valence-corrected chi connectivity index (χ0v) is 11.8. The number of hydrogen-bond acceptors (Lipinski definition) is 6. The molecule has 0 bridgehead atoms. The van der Waals surface area contributed by atoms with Gasteiger partial charge in [-0.2, -0.15) is 0 Å². The number of nitrogens with two attached hydrogens (primary N) is 1. The molecule has 1 aromatic carbocycles. The Hall–Kier alpha value is -1.61. The predicted molar refractivity (Wildman–Crippen MR) is 72.3 cm³/mol. The third kappa shape index (κ3) is 3.24. The van der Waals surface area contributed by atoms with E-state index in [1.807, 2.05) is 0 Å². The molecule has 7 nitrogen and oxygen atoms in total. The molecule has 2 aromatic rings. The third-order valence-corrected chi connectivity index (χ3v) is 5.23. The van der Waals surface area contributed by atoms with E-state index in [1.165, 1.54) is 0 Å². The van der Waals surface area contributed by atoms with Gasteiger partial charge in [-0.3, -0.25) is 0 Å². The van der Waals surface area contributed by atoms with Crippen molar-refractivity contribution in [1.29, 1.82) is 0 Å². The van der Waals surface area contributed by atoms with E-state index in [2.05, 4.69) is 9.97 Å². The van der Waals surface area contributed by atoms with E-state index in [0.717, 1.165) is 6.26 Å². The number of imidazole rings is 1. The number of fused-ring (bicyclic) bond motifs is 1. The van der Waals surface area contributed by atoms with Crippen LogP contribution >= 0.6 is 0 Å². The van der Waals surface area contributed by atoms with Crippen LogP contribution in [0.2, 0.25) is 0 Å². The highest BCUT2D eigenvalue weighted by molar-refractivity contribution is 7.94. The van der Waals surface area contributed by atoms with Crippen molar-refractivity contribution in [3.8, 4) is 0 Å². The number of H-pyrrole nitrogens is 1. The molecular formula is C10H13N3O4S2. The average Bonchev–Trinajstić information content (AvgIpc) is 2.69. The SMILES string of the molecule is CS(=O)(=O)CCS(=O)(=O)c1nc2ccc(N)cc2[nH]1. The van der Waals surface area contributed by atoms with Crippen LogP contribution in [0.3, 0.4) is 0 Å². The summed E-state index contributed by atoms with van der Waals surface area (Å²) >= 11 is 0. The molecule has 0 atom stereocenters. The molecule has 104 valence electrons. The Morgan fingerprint density at radius 1 is 1.21 bits per heavy atom. The zero-order chi connectivity index (χ0) is 14.3. The number of anilines is 1. The average molecular weight is 303 g/mol. The molecule has 0 unspecified atom stereocenters. The van der Waals surface area contributed by atoms with Gasteiger partial charge in [-0.25, -0.2) is 21.8 Å². The van der Waals surface area contributed by atoms with Gasteiger partial charge in [-0.1, -0.05) is 0 Å². The lowest BCUT2D eigenvalue weighted by Crippen LogP contribution is -2.17. The van der Waals surface area contributed by atoms with Gasteiger partial charge >= 0.3 is 0 Å². The summed E-state index contributed by atoms with van der Waals surface area (Å²) in [5, 5.41) is -0.239. The number of benzene rings is 1. The van der Waals surface area contributed by atoms with Gasteiger partial charge in [0, 0.05) is 11.9 Å². The summed E-state index contributed by atoms with van der Waals surface area (Å²) in [6.07, 6.45) is 0.988. The van der Waals surface area contributed by atoms with Crippen molar-refractivity contribution in [2.24, 2.45) is 0 Å². The molecule has 0 radical (unpaired) electrons. The van der Waals surface area contributed by atoms with Crippen molar-refractivity contribution in [3.05, 3.63) is 18.2 Å². The van der Waals surface area contributed by atoms with E-state index in [1.54, 1.807) is 18.2 Å². The zero-order valence-electron chi connectivity index (χ0n) is 10.1. The van der Waals surface area contributed by atoms with Crippen molar-refractivity contribution in [1.82, 2.24) is 9.97 Å². The molecule has 0 spiro atoms. The van der Waals surface area contributed by atoms with Crippen LogP contribution in [0.5, 0.6) is 0 Å². The van der Waals surface area contributed by atoms with Gasteiger partial charge in [-0.05, 0) is 18.2 Å². The maximum atomic E-state index is 11.9. The summed E-state index contributed by atoms with van der Waals surface area (Å²) in [4.78, 5) is 6.57. The van der Waals surface area contributed by atoms with Crippen LogP contribution in [0.25, 0.3) is 11.0 Å². The molecule has 3 N–H and O–H groups in total. The first kappa shape index (κ1) is 13.8. The molecule has 2 rings (SSSR count). The molecule has 0 aliphatic heterocycles. The number of nitrogens with one attached hydrogen (secondary N) is 1. The van der Waals surface area contributed by atoms with Crippen LogP contribution in [-0.4, -0.2) is 44.6 Å². The summed E-state index contributed by atoms with van der Waals surface area (Å²) in [5.74, 6) is -0.935. The quantitative estimate of drug-likeness (QED) is 0.764. The van der Waals surface area contributed by atoms with Crippen LogP contribution in [-0.2, 0) is 19.7 Å². The molecule has 0 fully saturated rings. The number of nitrogen functional groups attached to an aromatic ring is 1. The summed E-state index contributed by atoms with van der Waals surface area (Å²) in [7, 11) is -7.10. The van der Waals surface area contributed by atoms with Gasteiger partial charge in [0.2, 0.25) is 15.0 Å². The van der Waals surface area contributed by atoms with Gasteiger partial charge in [0.15, 0.2) is 0 Å². The second kappa shape index (κ2) is 4.49. The van der Waals surface area contributed by atoms with E-state index in [-0.39, 0.29) is 5.16 Å². The van der Waals surface area contributed by atoms with E-state index in [9.17, 15) is 16.8 Å². The Kier molecular flexibility index (Phi) is 3.27. The summed E-state index contributed by atoms with van der Waals surface area (Å²) in [5.41, 5.74) is 7.03. The van der Waals surface area contributed by atoms with E-state index in [0.29, 0.717) is 16.7 Å². The number of hydrogen-bond donors (Lipinski definition) is 2. The lowest BCUT2D eigenvalue weighted by atomic mass is 10.3. The van der Waals surface area contributed by atoms with Gasteiger partial charge in [0.05, 0.1) is 22.5 Å².